The van der Waals surface area contributed by atoms with Gasteiger partial charge in [0.25, 0.3) is 10.0 Å². The number of thioether (sulfide) groups is 1. The number of halogens is 1. The lowest BCUT2D eigenvalue weighted by atomic mass is 10.2. The van der Waals surface area contributed by atoms with Crippen molar-refractivity contribution in [3.8, 4) is 0 Å². The van der Waals surface area contributed by atoms with Crippen LogP contribution in [0.5, 0.6) is 0 Å². The quantitative estimate of drug-likeness (QED) is 0.782. The summed E-state index contributed by atoms with van der Waals surface area (Å²) in [5, 5.41) is 0.237. The van der Waals surface area contributed by atoms with Crippen molar-refractivity contribution in [2.75, 3.05) is 6.54 Å². The number of rotatable bonds is 4. The minimum absolute atomic E-state index is 0.237. The smallest absolute Gasteiger partial charge is 0.263 e. The number of benzene rings is 2. The molecule has 1 atom stereocenters. The number of fused-ring (bicyclic) bond motifs is 1. The minimum Gasteiger partial charge on any atom is -0.266 e. The van der Waals surface area contributed by atoms with Crippen LogP contribution in [-0.2, 0) is 10.0 Å². The average molecular weight is 411 g/mol. The summed E-state index contributed by atoms with van der Waals surface area (Å²) in [4.78, 5) is 5.93. The Morgan fingerprint density at radius 2 is 1.87 bits per heavy atom. The van der Waals surface area contributed by atoms with Gasteiger partial charge in [-0.15, -0.1) is 11.8 Å². The highest BCUT2D eigenvalue weighted by molar-refractivity contribution is 9.10. The van der Waals surface area contributed by atoms with E-state index in [0.717, 1.165) is 9.37 Å². The first-order valence-electron chi connectivity index (χ1n) is 7.04. The molecule has 0 amide bonds. The van der Waals surface area contributed by atoms with E-state index >= 15 is 0 Å². The maximum Gasteiger partial charge on any atom is 0.263 e. The van der Waals surface area contributed by atoms with Crippen LogP contribution in [0.25, 0.3) is 0 Å². The maximum absolute atomic E-state index is 12.0. The van der Waals surface area contributed by atoms with Crippen LogP contribution in [0.4, 0.5) is 0 Å². The predicted octanol–water partition coefficient (Wildman–Crippen LogP) is 3.67. The van der Waals surface area contributed by atoms with Gasteiger partial charge in [0, 0.05) is 20.2 Å². The highest BCUT2D eigenvalue weighted by Crippen LogP contribution is 2.26. The molecule has 0 fully saturated rings. The van der Waals surface area contributed by atoms with Crippen molar-refractivity contribution in [1.29, 1.82) is 0 Å². The number of amidine groups is 1. The number of hydrogen-bond acceptors (Lipinski definition) is 4. The van der Waals surface area contributed by atoms with E-state index in [0.29, 0.717) is 22.8 Å². The van der Waals surface area contributed by atoms with Crippen LogP contribution in [0.1, 0.15) is 12.5 Å². The van der Waals surface area contributed by atoms with E-state index in [2.05, 4.69) is 32.6 Å². The van der Waals surface area contributed by atoms with E-state index in [1.807, 2.05) is 30.3 Å². The van der Waals surface area contributed by atoms with Crippen molar-refractivity contribution in [3.05, 3.63) is 58.6 Å². The largest absolute Gasteiger partial charge is 0.266 e. The molecule has 0 radical (unpaired) electrons. The molecule has 120 valence electrons. The van der Waals surface area contributed by atoms with E-state index in [-0.39, 0.29) is 5.25 Å². The third kappa shape index (κ3) is 3.79. The van der Waals surface area contributed by atoms with Crippen molar-refractivity contribution >= 4 is 43.6 Å². The molecule has 2 aromatic rings. The number of sulfonamides is 1. The van der Waals surface area contributed by atoms with Gasteiger partial charge in [0.1, 0.15) is 5.84 Å². The molecule has 1 aliphatic rings. The number of nitrogens with one attached hydrogen (secondary N) is 1. The van der Waals surface area contributed by atoms with Crippen molar-refractivity contribution in [3.63, 3.8) is 0 Å². The average Bonchev–Trinajstić information content (AvgIpc) is 2.79. The molecule has 3 rings (SSSR count). The summed E-state index contributed by atoms with van der Waals surface area (Å²) < 4.78 is 27.6. The molecule has 1 N–H and O–H groups in total. The SMILES string of the molecule is CC(CN=C1NS(=O)(=O)c2ccccc21)Sc1ccc(Br)cc1. The van der Waals surface area contributed by atoms with E-state index in [9.17, 15) is 8.42 Å². The first-order chi connectivity index (χ1) is 11.0. The molecule has 4 nitrogen and oxygen atoms in total. The minimum atomic E-state index is -3.46. The molecule has 0 aromatic heterocycles. The van der Waals surface area contributed by atoms with Gasteiger partial charge < -0.3 is 0 Å². The molecule has 0 bridgehead atoms. The highest BCUT2D eigenvalue weighted by Gasteiger charge is 2.30. The molecule has 0 aliphatic carbocycles. The van der Waals surface area contributed by atoms with Gasteiger partial charge in [0.15, 0.2) is 0 Å². The van der Waals surface area contributed by atoms with Crippen LogP contribution in [-0.4, -0.2) is 26.0 Å². The summed E-state index contributed by atoms with van der Waals surface area (Å²) in [5.74, 6) is 0.434. The Balaban J connectivity index is 1.72. The molecule has 2 aromatic carbocycles. The van der Waals surface area contributed by atoms with Gasteiger partial charge in [-0.1, -0.05) is 35.0 Å². The summed E-state index contributed by atoms with van der Waals surface area (Å²) in [6.45, 7) is 2.61. The van der Waals surface area contributed by atoms with Gasteiger partial charge in [0.2, 0.25) is 0 Å². The zero-order valence-corrected chi connectivity index (χ0v) is 15.6. The molecular weight excluding hydrogens is 396 g/mol. The Labute approximate surface area is 148 Å². The Morgan fingerprint density at radius 1 is 1.17 bits per heavy atom. The predicted molar refractivity (Wildman–Crippen MR) is 97.6 cm³/mol. The zero-order valence-electron chi connectivity index (χ0n) is 12.4. The first kappa shape index (κ1) is 16.5. The maximum atomic E-state index is 12.0. The molecule has 23 heavy (non-hydrogen) atoms. The first-order valence-corrected chi connectivity index (χ1v) is 10.2. The van der Waals surface area contributed by atoms with E-state index in [1.54, 1.807) is 30.0 Å². The third-order valence-corrected chi connectivity index (χ3v) is 6.34. The van der Waals surface area contributed by atoms with Crippen LogP contribution in [0, 0.1) is 0 Å². The van der Waals surface area contributed by atoms with Gasteiger partial charge in [-0.05, 0) is 36.4 Å². The van der Waals surface area contributed by atoms with E-state index in [1.165, 1.54) is 0 Å². The van der Waals surface area contributed by atoms with E-state index in [4.69, 9.17) is 0 Å². The fourth-order valence-corrected chi connectivity index (χ4v) is 4.68. The molecule has 7 heteroatoms. The summed E-state index contributed by atoms with van der Waals surface area (Å²) in [6, 6.07) is 15.0. The standard InChI is InChI=1S/C16H15BrN2O2S2/c1-11(22-13-8-6-12(17)7-9-13)10-18-16-14-4-2-3-5-15(14)23(20,21)19-16/h2-9,11H,10H2,1H3,(H,18,19). The molecule has 1 unspecified atom stereocenters. The summed E-state index contributed by atoms with van der Waals surface area (Å²) >= 11 is 5.13. The highest BCUT2D eigenvalue weighted by atomic mass is 79.9. The van der Waals surface area contributed by atoms with Crippen molar-refractivity contribution < 1.29 is 8.42 Å². The Hall–Kier alpha value is -1.31. The monoisotopic (exact) mass is 410 g/mol. The Morgan fingerprint density at radius 3 is 2.61 bits per heavy atom. The Bertz CT molecular complexity index is 849. The molecular formula is C16H15BrN2O2S2. The molecule has 1 aliphatic heterocycles. The van der Waals surface area contributed by atoms with Gasteiger partial charge in [-0.2, -0.15) is 0 Å². The summed E-state index contributed by atoms with van der Waals surface area (Å²) in [7, 11) is -3.46. The Kier molecular flexibility index (Phi) is 4.79. The fourth-order valence-electron chi connectivity index (χ4n) is 2.25. The van der Waals surface area contributed by atoms with Gasteiger partial charge in [0.05, 0.1) is 11.4 Å². The fraction of sp³-hybridized carbons (Fsp3) is 0.188. The van der Waals surface area contributed by atoms with Gasteiger partial charge in [-0.25, -0.2) is 8.42 Å². The summed E-state index contributed by atoms with van der Waals surface area (Å²) in [5.41, 5.74) is 0.647. The second-order valence-electron chi connectivity index (χ2n) is 5.17. The lowest BCUT2D eigenvalue weighted by molar-refractivity contribution is 0.595. The second kappa shape index (κ2) is 6.67. The number of nitrogens with zero attached hydrogens (tertiary/aromatic N) is 1. The van der Waals surface area contributed by atoms with Crippen molar-refractivity contribution in [2.45, 2.75) is 22.0 Å². The molecule has 0 saturated carbocycles. The number of hydrogen-bond donors (Lipinski definition) is 1. The van der Waals surface area contributed by atoms with Crippen LogP contribution in [0.15, 0.2) is 67.8 Å². The van der Waals surface area contributed by atoms with Crippen molar-refractivity contribution in [2.24, 2.45) is 4.99 Å². The lowest BCUT2D eigenvalue weighted by Gasteiger charge is -2.09. The topological polar surface area (TPSA) is 58.5 Å². The summed E-state index contributed by atoms with van der Waals surface area (Å²) in [6.07, 6.45) is 0. The van der Waals surface area contributed by atoms with Crippen LogP contribution in [0.2, 0.25) is 0 Å². The zero-order chi connectivity index (χ0) is 16.4. The van der Waals surface area contributed by atoms with E-state index < -0.39 is 10.0 Å². The van der Waals surface area contributed by atoms with Crippen molar-refractivity contribution in [1.82, 2.24) is 4.72 Å². The lowest BCUT2D eigenvalue weighted by Crippen LogP contribution is -2.23. The molecule has 0 spiro atoms. The normalized spacial score (nSPS) is 18.4. The number of aliphatic imine (C=N–C) groups is 1. The second-order valence-corrected chi connectivity index (χ2v) is 9.25. The van der Waals surface area contributed by atoms with Crippen LogP contribution < -0.4 is 4.72 Å². The van der Waals surface area contributed by atoms with Crippen LogP contribution >= 0.6 is 27.7 Å². The third-order valence-electron chi connectivity index (χ3n) is 3.32. The van der Waals surface area contributed by atoms with Gasteiger partial charge in [-0.3, -0.25) is 9.71 Å². The molecule has 0 saturated heterocycles. The van der Waals surface area contributed by atoms with Crippen LogP contribution in [0.3, 0.4) is 0 Å². The molecule has 1 heterocycles. The van der Waals surface area contributed by atoms with Gasteiger partial charge >= 0.3 is 0 Å².